The van der Waals surface area contributed by atoms with Gasteiger partial charge in [0.15, 0.2) is 0 Å². The van der Waals surface area contributed by atoms with Gasteiger partial charge in [0.2, 0.25) is 0 Å². The summed E-state index contributed by atoms with van der Waals surface area (Å²) in [4.78, 5) is 14.3. The number of aryl methyl sites for hydroxylation is 1. The van der Waals surface area contributed by atoms with Crippen molar-refractivity contribution < 1.29 is 9.90 Å². The minimum absolute atomic E-state index is 0.00433. The largest absolute Gasteiger partial charge is 0.507 e. The molecule has 0 aliphatic carbocycles. The number of phenols is 1. The third kappa shape index (κ3) is 4.09. The zero-order valence-corrected chi connectivity index (χ0v) is 13.3. The number of hydrogen-bond acceptors (Lipinski definition) is 3. The van der Waals surface area contributed by atoms with Gasteiger partial charge in [0.1, 0.15) is 5.75 Å². The van der Waals surface area contributed by atoms with Crippen molar-refractivity contribution in [3.05, 3.63) is 64.7 Å². The van der Waals surface area contributed by atoms with Crippen molar-refractivity contribution >= 4 is 5.91 Å². The molecule has 0 saturated heterocycles. The van der Waals surface area contributed by atoms with Gasteiger partial charge in [-0.05, 0) is 44.3 Å². The predicted octanol–water partition coefficient (Wildman–Crippen LogP) is 2.69. The highest BCUT2D eigenvalue weighted by atomic mass is 16.3. The Balaban J connectivity index is 2.10. The van der Waals surface area contributed by atoms with Crippen LogP contribution >= 0.6 is 0 Å². The van der Waals surface area contributed by atoms with Gasteiger partial charge in [0, 0.05) is 13.1 Å². The Kier molecular flexibility index (Phi) is 5.17. The molecule has 2 aromatic carbocycles. The third-order valence-corrected chi connectivity index (χ3v) is 3.44. The van der Waals surface area contributed by atoms with Crippen LogP contribution in [0, 0.1) is 6.92 Å². The van der Waals surface area contributed by atoms with Crippen LogP contribution in [0.5, 0.6) is 5.75 Å². The molecule has 2 aromatic rings. The Hall–Kier alpha value is -2.33. The molecule has 0 aliphatic heterocycles. The van der Waals surface area contributed by atoms with E-state index in [1.807, 2.05) is 39.2 Å². The molecule has 0 unspecified atom stereocenters. The molecule has 0 atom stereocenters. The summed E-state index contributed by atoms with van der Waals surface area (Å²) < 4.78 is 0. The summed E-state index contributed by atoms with van der Waals surface area (Å²) in [7, 11) is 4.03. The Bertz CT molecular complexity index is 666. The number of phenolic OH excluding ortho intramolecular Hbond substituents is 1. The summed E-state index contributed by atoms with van der Waals surface area (Å²) in [5, 5.41) is 12.7. The SMILES string of the molecule is Cc1ccc(O)c(C(=O)NCc2ccccc2CN(C)C)c1. The molecule has 4 nitrogen and oxygen atoms in total. The highest BCUT2D eigenvalue weighted by molar-refractivity contribution is 5.96. The molecular formula is C18H22N2O2. The van der Waals surface area contributed by atoms with E-state index in [1.165, 1.54) is 5.56 Å². The van der Waals surface area contributed by atoms with Crippen LogP contribution in [0.1, 0.15) is 27.0 Å². The van der Waals surface area contributed by atoms with Crippen molar-refractivity contribution in [1.29, 1.82) is 0 Å². The van der Waals surface area contributed by atoms with E-state index in [-0.39, 0.29) is 11.7 Å². The fourth-order valence-electron chi connectivity index (χ4n) is 2.33. The maximum atomic E-state index is 12.2. The molecule has 2 N–H and O–H groups in total. The van der Waals surface area contributed by atoms with Gasteiger partial charge in [0.25, 0.3) is 5.91 Å². The Morgan fingerprint density at radius 1 is 1.14 bits per heavy atom. The number of benzene rings is 2. The number of rotatable bonds is 5. The summed E-state index contributed by atoms with van der Waals surface area (Å²) in [5.41, 5.74) is 3.51. The van der Waals surface area contributed by atoms with Crippen molar-refractivity contribution in [2.75, 3.05) is 14.1 Å². The van der Waals surface area contributed by atoms with Gasteiger partial charge in [0.05, 0.1) is 5.56 Å². The van der Waals surface area contributed by atoms with E-state index in [1.54, 1.807) is 18.2 Å². The lowest BCUT2D eigenvalue weighted by Gasteiger charge is -2.15. The molecular weight excluding hydrogens is 276 g/mol. The second kappa shape index (κ2) is 7.09. The van der Waals surface area contributed by atoms with Crippen molar-refractivity contribution in [1.82, 2.24) is 10.2 Å². The minimum Gasteiger partial charge on any atom is -0.507 e. The Morgan fingerprint density at radius 2 is 1.82 bits per heavy atom. The van der Waals surface area contributed by atoms with Gasteiger partial charge in [-0.2, -0.15) is 0 Å². The molecule has 0 heterocycles. The predicted molar refractivity (Wildman–Crippen MR) is 87.8 cm³/mol. The lowest BCUT2D eigenvalue weighted by atomic mass is 10.1. The van der Waals surface area contributed by atoms with Crippen LogP contribution in [0.3, 0.4) is 0 Å². The van der Waals surface area contributed by atoms with Gasteiger partial charge >= 0.3 is 0 Å². The van der Waals surface area contributed by atoms with Gasteiger partial charge in [-0.25, -0.2) is 0 Å². The van der Waals surface area contributed by atoms with E-state index in [0.29, 0.717) is 12.1 Å². The van der Waals surface area contributed by atoms with Crippen molar-refractivity contribution in [3.8, 4) is 5.75 Å². The molecule has 0 saturated carbocycles. The van der Waals surface area contributed by atoms with Crippen LogP contribution in [0.25, 0.3) is 0 Å². The Morgan fingerprint density at radius 3 is 2.50 bits per heavy atom. The first-order valence-corrected chi connectivity index (χ1v) is 7.26. The van der Waals surface area contributed by atoms with E-state index in [9.17, 15) is 9.90 Å². The highest BCUT2D eigenvalue weighted by Gasteiger charge is 2.12. The number of aromatic hydroxyl groups is 1. The van der Waals surface area contributed by atoms with E-state index in [2.05, 4.69) is 16.3 Å². The Labute approximate surface area is 131 Å². The fourth-order valence-corrected chi connectivity index (χ4v) is 2.33. The van der Waals surface area contributed by atoms with Gasteiger partial charge in [-0.3, -0.25) is 4.79 Å². The topological polar surface area (TPSA) is 52.6 Å². The second-order valence-corrected chi connectivity index (χ2v) is 5.71. The lowest BCUT2D eigenvalue weighted by Crippen LogP contribution is -2.24. The number of carbonyl (C=O) groups is 1. The zero-order valence-electron chi connectivity index (χ0n) is 13.3. The highest BCUT2D eigenvalue weighted by Crippen LogP contribution is 2.18. The van der Waals surface area contributed by atoms with Gasteiger partial charge in [-0.15, -0.1) is 0 Å². The first-order valence-electron chi connectivity index (χ1n) is 7.26. The fraction of sp³-hybridized carbons (Fsp3) is 0.278. The van der Waals surface area contributed by atoms with Gasteiger partial charge < -0.3 is 15.3 Å². The van der Waals surface area contributed by atoms with Crippen LogP contribution in [0.4, 0.5) is 0 Å². The van der Waals surface area contributed by atoms with Crippen molar-refractivity contribution in [2.45, 2.75) is 20.0 Å². The standard InChI is InChI=1S/C18H22N2O2/c1-13-8-9-17(21)16(10-13)18(22)19-11-14-6-4-5-7-15(14)12-20(2)3/h4-10,21H,11-12H2,1-3H3,(H,19,22). The number of nitrogens with one attached hydrogen (secondary N) is 1. The minimum atomic E-state index is -0.263. The smallest absolute Gasteiger partial charge is 0.255 e. The first-order chi connectivity index (χ1) is 10.5. The molecule has 22 heavy (non-hydrogen) atoms. The first kappa shape index (κ1) is 16.0. The van der Waals surface area contributed by atoms with E-state index in [0.717, 1.165) is 17.7 Å². The number of carbonyl (C=O) groups excluding carboxylic acids is 1. The van der Waals surface area contributed by atoms with Crippen LogP contribution < -0.4 is 5.32 Å². The molecule has 116 valence electrons. The molecule has 4 heteroatoms. The van der Waals surface area contributed by atoms with Gasteiger partial charge in [-0.1, -0.05) is 35.9 Å². The molecule has 0 aliphatic rings. The van der Waals surface area contributed by atoms with Crippen LogP contribution in [-0.2, 0) is 13.1 Å². The zero-order chi connectivity index (χ0) is 16.1. The van der Waals surface area contributed by atoms with E-state index in [4.69, 9.17) is 0 Å². The summed E-state index contributed by atoms with van der Waals surface area (Å²) in [6.45, 7) is 3.15. The summed E-state index contributed by atoms with van der Waals surface area (Å²) in [5.74, 6) is -0.259. The molecule has 0 radical (unpaired) electrons. The number of nitrogens with zero attached hydrogens (tertiary/aromatic N) is 1. The molecule has 1 amide bonds. The van der Waals surface area contributed by atoms with Crippen molar-refractivity contribution in [2.24, 2.45) is 0 Å². The maximum Gasteiger partial charge on any atom is 0.255 e. The average molecular weight is 298 g/mol. The van der Waals surface area contributed by atoms with Crippen molar-refractivity contribution in [3.63, 3.8) is 0 Å². The lowest BCUT2D eigenvalue weighted by molar-refractivity contribution is 0.0948. The van der Waals surface area contributed by atoms with E-state index >= 15 is 0 Å². The average Bonchev–Trinajstić information content (AvgIpc) is 2.48. The second-order valence-electron chi connectivity index (χ2n) is 5.71. The van der Waals surface area contributed by atoms with Crippen LogP contribution in [0.2, 0.25) is 0 Å². The van der Waals surface area contributed by atoms with E-state index < -0.39 is 0 Å². The van der Waals surface area contributed by atoms with Crippen LogP contribution in [0.15, 0.2) is 42.5 Å². The van der Waals surface area contributed by atoms with Crippen LogP contribution in [-0.4, -0.2) is 30.0 Å². The summed E-state index contributed by atoms with van der Waals surface area (Å²) >= 11 is 0. The quantitative estimate of drug-likeness (QED) is 0.892. The molecule has 0 bridgehead atoms. The maximum absolute atomic E-state index is 12.2. The number of amides is 1. The summed E-state index contributed by atoms with van der Waals surface area (Å²) in [6, 6.07) is 13.0. The molecule has 0 fully saturated rings. The summed E-state index contributed by atoms with van der Waals surface area (Å²) in [6.07, 6.45) is 0. The molecule has 0 spiro atoms. The number of hydrogen-bond donors (Lipinski definition) is 2. The normalized spacial score (nSPS) is 10.7. The monoisotopic (exact) mass is 298 g/mol. The molecule has 2 rings (SSSR count). The third-order valence-electron chi connectivity index (χ3n) is 3.44. The molecule has 0 aromatic heterocycles.